The van der Waals surface area contributed by atoms with Crippen molar-refractivity contribution in [3.8, 4) is 6.07 Å². The van der Waals surface area contributed by atoms with E-state index < -0.39 is 0 Å². The summed E-state index contributed by atoms with van der Waals surface area (Å²) >= 11 is 0. The fraction of sp³-hybridized carbons (Fsp3) is 0.333. The second kappa shape index (κ2) is 6.76. The molecule has 0 aliphatic heterocycles. The second-order valence-electron chi connectivity index (χ2n) is 1.66. The molecule has 0 unspecified atom stereocenters. The molecule has 0 atom stereocenters. The predicted octanol–water partition coefficient (Wildman–Crippen LogP) is 2.17. The Hall–Kier alpha value is -1.36. The first-order valence-corrected chi connectivity index (χ1v) is 3.70. The molecule has 0 aromatic carbocycles. The van der Waals surface area contributed by atoms with Crippen LogP contribution in [0.25, 0.3) is 0 Å². The molecule has 0 amide bonds. The zero-order valence-corrected chi connectivity index (χ0v) is 6.91. The first kappa shape index (κ1) is 9.64. The highest BCUT2D eigenvalue weighted by Gasteiger charge is 1.86. The lowest BCUT2D eigenvalue weighted by Gasteiger charge is -1.87. The number of aromatic nitrogens is 1. The van der Waals surface area contributed by atoms with Gasteiger partial charge in [-0.1, -0.05) is 19.9 Å². The molecule has 1 aromatic heterocycles. The monoisotopic (exact) mass is 148 g/mol. The van der Waals surface area contributed by atoms with Crippen molar-refractivity contribution >= 4 is 0 Å². The van der Waals surface area contributed by atoms with Crippen molar-refractivity contribution in [3.63, 3.8) is 0 Å². The lowest BCUT2D eigenvalue weighted by atomic mass is 10.3. The fourth-order valence-corrected chi connectivity index (χ4v) is 0.584. The number of nitriles is 1. The van der Waals surface area contributed by atoms with Crippen molar-refractivity contribution < 1.29 is 0 Å². The van der Waals surface area contributed by atoms with Gasteiger partial charge in [-0.25, -0.2) is 0 Å². The van der Waals surface area contributed by atoms with Crippen molar-refractivity contribution in [2.24, 2.45) is 0 Å². The third kappa shape index (κ3) is 4.10. The van der Waals surface area contributed by atoms with E-state index in [1.54, 1.807) is 6.20 Å². The smallest absolute Gasteiger partial charge is 0.0774 e. The maximum absolute atomic E-state index is 8.23. The quantitative estimate of drug-likeness (QED) is 0.612. The van der Waals surface area contributed by atoms with Crippen molar-refractivity contribution in [2.45, 2.75) is 20.3 Å². The molecule has 0 aliphatic rings. The van der Waals surface area contributed by atoms with Crippen LogP contribution >= 0.6 is 0 Å². The largest absolute Gasteiger partial charge is 0.260 e. The van der Waals surface area contributed by atoms with Crippen LogP contribution in [0.2, 0.25) is 0 Å². The summed E-state index contributed by atoms with van der Waals surface area (Å²) < 4.78 is 0. The predicted molar refractivity (Wildman–Crippen MR) is 44.9 cm³/mol. The number of pyridine rings is 1. The average Bonchev–Trinajstić information content (AvgIpc) is 2.11. The summed E-state index contributed by atoms with van der Waals surface area (Å²) in [6.45, 7) is 4.00. The Kier molecular flexibility index (Phi) is 5.92. The molecule has 0 aliphatic carbocycles. The molecule has 0 fully saturated rings. The first-order chi connectivity index (χ1) is 5.43. The molecule has 2 heteroatoms. The van der Waals surface area contributed by atoms with Crippen molar-refractivity contribution in [2.75, 3.05) is 0 Å². The minimum atomic E-state index is 0.404. The van der Waals surface area contributed by atoms with E-state index in [4.69, 9.17) is 5.26 Å². The standard InChI is InChI=1S/C7H6N2.C2H6/c8-5-4-7-3-1-2-6-9-7;1-2/h1-3,6H,4H2;1-2H3. The Morgan fingerprint density at radius 1 is 1.45 bits per heavy atom. The van der Waals surface area contributed by atoms with Crippen molar-refractivity contribution in [1.82, 2.24) is 4.98 Å². The molecule has 58 valence electrons. The summed E-state index contributed by atoms with van der Waals surface area (Å²) in [5, 5.41) is 8.23. The number of nitrogens with zero attached hydrogens (tertiary/aromatic N) is 2. The van der Waals surface area contributed by atoms with E-state index >= 15 is 0 Å². The molecule has 1 aromatic rings. The highest BCUT2D eigenvalue weighted by molar-refractivity contribution is 5.07. The van der Waals surface area contributed by atoms with Gasteiger partial charge in [-0.15, -0.1) is 0 Å². The van der Waals surface area contributed by atoms with E-state index in [-0.39, 0.29) is 0 Å². The second-order valence-corrected chi connectivity index (χ2v) is 1.66. The number of hydrogen-bond donors (Lipinski definition) is 0. The van der Waals surface area contributed by atoms with Gasteiger partial charge < -0.3 is 0 Å². The Balaban J connectivity index is 0.000000461. The van der Waals surface area contributed by atoms with Crippen LogP contribution in [0.15, 0.2) is 24.4 Å². The Labute approximate surface area is 67.5 Å². The van der Waals surface area contributed by atoms with Crippen LogP contribution in [0, 0.1) is 11.3 Å². The summed E-state index contributed by atoms with van der Waals surface area (Å²) in [7, 11) is 0. The molecule has 0 N–H and O–H groups in total. The van der Waals surface area contributed by atoms with Crippen LogP contribution < -0.4 is 0 Å². The normalized spacial score (nSPS) is 7.36. The molecule has 0 saturated carbocycles. The summed E-state index contributed by atoms with van der Waals surface area (Å²) in [5.74, 6) is 0. The third-order valence-corrected chi connectivity index (χ3v) is 0.986. The summed E-state index contributed by atoms with van der Waals surface area (Å²) in [6.07, 6.45) is 2.09. The molecular weight excluding hydrogens is 136 g/mol. The van der Waals surface area contributed by atoms with Gasteiger partial charge in [0.15, 0.2) is 0 Å². The van der Waals surface area contributed by atoms with Gasteiger partial charge >= 0.3 is 0 Å². The molecule has 0 spiro atoms. The Bertz CT molecular complexity index is 211. The van der Waals surface area contributed by atoms with Crippen LogP contribution in [0.5, 0.6) is 0 Å². The number of hydrogen-bond acceptors (Lipinski definition) is 2. The zero-order valence-electron chi connectivity index (χ0n) is 6.91. The van der Waals surface area contributed by atoms with E-state index in [2.05, 4.69) is 4.98 Å². The summed E-state index contributed by atoms with van der Waals surface area (Å²) in [4.78, 5) is 3.95. The molecule has 0 bridgehead atoms. The minimum absolute atomic E-state index is 0.404. The maximum Gasteiger partial charge on any atom is 0.0774 e. The summed E-state index contributed by atoms with van der Waals surface area (Å²) in [6, 6.07) is 7.57. The van der Waals surface area contributed by atoms with E-state index in [1.165, 1.54) is 0 Å². The third-order valence-electron chi connectivity index (χ3n) is 0.986. The van der Waals surface area contributed by atoms with Gasteiger partial charge in [0.2, 0.25) is 0 Å². The zero-order chi connectivity index (χ0) is 8.53. The Morgan fingerprint density at radius 2 is 2.18 bits per heavy atom. The van der Waals surface area contributed by atoms with Gasteiger partial charge in [-0.05, 0) is 12.1 Å². The average molecular weight is 148 g/mol. The van der Waals surface area contributed by atoms with Crippen molar-refractivity contribution in [1.29, 1.82) is 5.26 Å². The van der Waals surface area contributed by atoms with Gasteiger partial charge in [0.1, 0.15) is 0 Å². The lowest BCUT2D eigenvalue weighted by molar-refractivity contribution is 1.12. The van der Waals surface area contributed by atoms with Gasteiger partial charge in [0, 0.05) is 6.20 Å². The van der Waals surface area contributed by atoms with Crippen molar-refractivity contribution in [3.05, 3.63) is 30.1 Å². The first-order valence-electron chi connectivity index (χ1n) is 3.70. The van der Waals surface area contributed by atoms with Crippen LogP contribution in [-0.2, 0) is 6.42 Å². The molecule has 0 saturated heterocycles. The van der Waals surface area contributed by atoms with Crippen LogP contribution in [0.4, 0.5) is 0 Å². The molecule has 2 nitrogen and oxygen atoms in total. The van der Waals surface area contributed by atoms with E-state index in [1.807, 2.05) is 38.1 Å². The van der Waals surface area contributed by atoms with Crippen LogP contribution in [-0.4, -0.2) is 4.98 Å². The topological polar surface area (TPSA) is 36.7 Å². The van der Waals surface area contributed by atoms with E-state index in [0.29, 0.717) is 6.42 Å². The lowest BCUT2D eigenvalue weighted by Crippen LogP contribution is -1.83. The molecule has 1 heterocycles. The van der Waals surface area contributed by atoms with Crippen LogP contribution in [0.3, 0.4) is 0 Å². The van der Waals surface area contributed by atoms with Crippen LogP contribution in [0.1, 0.15) is 19.5 Å². The molecule has 0 radical (unpaired) electrons. The SMILES string of the molecule is CC.N#CCc1ccccn1. The molecule has 11 heavy (non-hydrogen) atoms. The Morgan fingerprint density at radius 3 is 2.64 bits per heavy atom. The van der Waals surface area contributed by atoms with Gasteiger partial charge in [0.05, 0.1) is 18.2 Å². The minimum Gasteiger partial charge on any atom is -0.260 e. The fourth-order valence-electron chi connectivity index (χ4n) is 0.584. The van der Waals surface area contributed by atoms with E-state index in [0.717, 1.165) is 5.69 Å². The van der Waals surface area contributed by atoms with E-state index in [9.17, 15) is 0 Å². The number of rotatable bonds is 1. The van der Waals surface area contributed by atoms with Gasteiger partial charge in [-0.2, -0.15) is 5.26 Å². The highest BCUT2D eigenvalue weighted by Crippen LogP contribution is 1.91. The molecule has 1 rings (SSSR count). The summed E-state index contributed by atoms with van der Waals surface area (Å²) in [5.41, 5.74) is 0.833. The maximum atomic E-state index is 8.23. The highest BCUT2D eigenvalue weighted by atomic mass is 14.7. The van der Waals surface area contributed by atoms with Gasteiger partial charge in [-0.3, -0.25) is 4.98 Å². The van der Waals surface area contributed by atoms with Gasteiger partial charge in [0.25, 0.3) is 0 Å². The molecular formula is C9H12N2.